The van der Waals surface area contributed by atoms with Gasteiger partial charge in [-0.05, 0) is 64.0 Å². The molecule has 142 valence electrons. The van der Waals surface area contributed by atoms with Crippen molar-refractivity contribution in [2.75, 3.05) is 11.9 Å². The molecule has 5 heteroatoms. The molecule has 0 aliphatic heterocycles. The summed E-state index contributed by atoms with van der Waals surface area (Å²) in [4.78, 5) is 13.1. The van der Waals surface area contributed by atoms with Crippen molar-refractivity contribution in [1.82, 2.24) is 0 Å². The van der Waals surface area contributed by atoms with Gasteiger partial charge in [0.2, 0.25) is 0 Å². The van der Waals surface area contributed by atoms with Crippen LogP contribution in [-0.2, 0) is 9.53 Å². The lowest BCUT2D eigenvalue weighted by Gasteiger charge is -2.38. The Labute approximate surface area is 156 Å². The minimum Gasteiger partial charge on any atom is -0.491 e. The average molecular weight is 358 g/mol. The zero-order valence-corrected chi connectivity index (χ0v) is 16.3. The predicted molar refractivity (Wildman–Crippen MR) is 102 cm³/mol. The molecular weight excluding hydrogens is 328 g/mol. The lowest BCUT2D eigenvalue weighted by Crippen LogP contribution is -2.48. The number of carbonyl (C=O) groups excluding carboxylic acids is 1. The van der Waals surface area contributed by atoms with Crippen LogP contribution >= 0.6 is 0 Å². The highest BCUT2D eigenvalue weighted by molar-refractivity contribution is 5.98. The lowest BCUT2D eigenvalue weighted by molar-refractivity contribution is -0.147. The monoisotopic (exact) mass is 358 g/mol. The number of nitriles is 1. The van der Waals surface area contributed by atoms with Crippen molar-refractivity contribution in [2.45, 2.75) is 71.5 Å². The molecule has 1 amide bonds. The minimum absolute atomic E-state index is 0.0249. The van der Waals surface area contributed by atoms with Gasteiger partial charge >= 0.3 is 0 Å². The number of amides is 1. The van der Waals surface area contributed by atoms with Crippen molar-refractivity contribution in [3.63, 3.8) is 0 Å². The largest absolute Gasteiger partial charge is 0.491 e. The summed E-state index contributed by atoms with van der Waals surface area (Å²) in [6.07, 6.45) is 4.28. The third-order valence-electron chi connectivity index (χ3n) is 4.81. The predicted octanol–water partition coefficient (Wildman–Crippen LogP) is 4.66. The molecule has 0 bridgehead atoms. The average Bonchev–Trinajstić information content (AvgIpc) is 2.62. The van der Waals surface area contributed by atoms with Crippen LogP contribution < -0.4 is 10.1 Å². The van der Waals surface area contributed by atoms with Crippen LogP contribution in [0.15, 0.2) is 18.2 Å². The molecule has 0 atom stereocenters. The van der Waals surface area contributed by atoms with E-state index in [2.05, 4.69) is 18.3 Å². The summed E-state index contributed by atoms with van der Waals surface area (Å²) in [5, 5.41) is 12.4. The Morgan fingerprint density at radius 2 is 2.08 bits per heavy atom. The molecule has 1 saturated carbocycles. The maximum absolute atomic E-state index is 13.1. The van der Waals surface area contributed by atoms with Gasteiger partial charge in [-0.25, -0.2) is 0 Å². The zero-order chi connectivity index (χ0) is 19.2. The number of nitrogens with one attached hydrogen (secondary N) is 1. The second kappa shape index (κ2) is 9.05. The van der Waals surface area contributed by atoms with Gasteiger partial charge in [0.15, 0.2) is 0 Å². The van der Waals surface area contributed by atoms with Crippen LogP contribution in [0.4, 0.5) is 5.69 Å². The van der Waals surface area contributed by atoms with E-state index >= 15 is 0 Å². The normalized spacial score (nSPS) is 22.7. The fourth-order valence-corrected chi connectivity index (χ4v) is 3.27. The maximum atomic E-state index is 13.1. The summed E-state index contributed by atoms with van der Waals surface area (Å²) in [6, 6.07) is 7.32. The molecule has 0 spiro atoms. The summed E-state index contributed by atoms with van der Waals surface area (Å²) in [5.41, 5.74) is 0.112. The molecule has 1 aromatic carbocycles. The number of anilines is 1. The van der Waals surface area contributed by atoms with Crippen LogP contribution in [0, 0.1) is 17.2 Å². The lowest BCUT2D eigenvalue weighted by atomic mass is 9.78. The molecule has 1 N–H and O–H groups in total. The highest BCUT2D eigenvalue weighted by Crippen LogP contribution is 2.36. The third kappa shape index (κ3) is 4.98. The van der Waals surface area contributed by atoms with E-state index in [1.165, 1.54) is 0 Å². The molecule has 5 nitrogen and oxygen atoms in total. The van der Waals surface area contributed by atoms with E-state index in [0.29, 0.717) is 29.5 Å². The van der Waals surface area contributed by atoms with E-state index in [-0.39, 0.29) is 12.0 Å². The Kier molecular flexibility index (Phi) is 7.05. The van der Waals surface area contributed by atoms with Crippen molar-refractivity contribution < 1.29 is 14.3 Å². The van der Waals surface area contributed by atoms with Gasteiger partial charge in [-0.3, -0.25) is 4.79 Å². The van der Waals surface area contributed by atoms with Gasteiger partial charge in [-0.1, -0.05) is 13.8 Å². The van der Waals surface area contributed by atoms with Gasteiger partial charge in [0.05, 0.1) is 17.4 Å². The zero-order valence-electron chi connectivity index (χ0n) is 16.3. The molecule has 0 heterocycles. The van der Waals surface area contributed by atoms with Crippen LogP contribution in [-0.4, -0.2) is 24.2 Å². The van der Waals surface area contributed by atoms with E-state index in [0.717, 1.165) is 32.1 Å². The minimum atomic E-state index is -0.789. The first kappa shape index (κ1) is 20.3. The quantitative estimate of drug-likeness (QED) is 0.769. The molecule has 2 rings (SSSR count). The number of benzene rings is 1. The van der Waals surface area contributed by atoms with Crippen molar-refractivity contribution in [1.29, 1.82) is 5.26 Å². The number of carbonyl (C=O) groups is 1. The van der Waals surface area contributed by atoms with E-state index < -0.39 is 5.60 Å². The second-order valence-corrected chi connectivity index (χ2v) is 7.47. The molecule has 0 saturated heterocycles. The Morgan fingerprint density at radius 3 is 2.65 bits per heavy atom. The SMILES string of the molecule is CCCOC1(C(=O)Nc2ccc(OC(C)C)cc2C#N)CCC(C)CC1. The smallest absolute Gasteiger partial charge is 0.256 e. The Balaban J connectivity index is 2.19. The van der Waals surface area contributed by atoms with Gasteiger partial charge in [0, 0.05) is 12.7 Å². The van der Waals surface area contributed by atoms with Crippen molar-refractivity contribution in [3.8, 4) is 11.8 Å². The summed E-state index contributed by atoms with van der Waals surface area (Å²) in [7, 11) is 0. The number of hydrogen-bond donors (Lipinski definition) is 1. The highest BCUT2D eigenvalue weighted by atomic mass is 16.5. The van der Waals surface area contributed by atoms with Gasteiger partial charge in [0.25, 0.3) is 5.91 Å². The van der Waals surface area contributed by atoms with Crippen molar-refractivity contribution >= 4 is 11.6 Å². The first-order valence-corrected chi connectivity index (χ1v) is 9.56. The van der Waals surface area contributed by atoms with Crippen LogP contribution in [0.5, 0.6) is 5.75 Å². The van der Waals surface area contributed by atoms with E-state index in [1.54, 1.807) is 18.2 Å². The molecule has 0 radical (unpaired) electrons. The topological polar surface area (TPSA) is 71.3 Å². The number of ether oxygens (including phenoxy) is 2. The van der Waals surface area contributed by atoms with Gasteiger partial charge in [0.1, 0.15) is 17.4 Å². The molecule has 26 heavy (non-hydrogen) atoms. The summed E-state index contributed by atoms with van der Waals surface area (Å²) >= 11 is 0. The van der Waals surface area contributed by atoms with Gasteiger partial charge < -0.3 is 14.8 Å². The van der Waals surface area contributed by atoms with Crippen LogP contribution in [0.1, 0.15) is 65.4 Å². The highest BCUT2D eigenvalue weighted by Gasteiger charge is 2.42. The maximum Gasteiger partial charge on any atom is 0.256 e. The first-order chi connectivity index (χ1) is 12.4. The standard InChI is InChI=1S/C21H30N2O3/c1-5-12-25-21(10-8-16(4)9-11-21)20(24)23-19-7-6-18(26-15(2)3)13-17(19)14-22/h6-7,13,15-16H,5,8-12H2,1-4H3,(H,23,24). The number of hydrogen-bond acceptors (Lipinski definition) is 4. The Hall–Kier alpha value is -2.06. The van der Waals surface area contributed by atoms with Gasteiger partial charge in [-0.15, -0.1) is 0 Å². The number of nitrogens with zero attached hydrogens (tertiary/aromatic N) is 1. The van der Waals surface area contributed by atoms with Crippen LogP contribution in [0.3, 0.4) is 0 Å². The molecule has 1 aliphatic carbocycles. The molecular formula is C21H30N2O3. The molecule has 0 unspecified atom stereocenters. The fourth-order valence-electron chi connectivity index (χ4n) is 3.27. The van der Waals surface area contributed by atoms with Crippen molar-refractivity contribution in [2.24, 2.45) is 5.92 Å². The van der Waals surface area contributed by atoms with Crippen LogP contribution in [0.2, 0.25) is 0 Å². The first-order valence-electron chi connectivity index (χ1n) is 9.56. The molecule has 1 aromatic rings. The van der Waals surface area contributed by atoms with E-state index in [9.17, 15) is 10.1 Å². The Morgan fingerprint density at radius 1 is 1.38 bits per heavy atom. The molecule has 1 fully saturated rings. The summed E-state index contributed by atoms with van der Waals surface area (Å²) in [6.45, 7) is 8.68. The summed E-state index contributed by atoms with van der Waals surface area (Å²) in [5.74, 6) is 1.09. The second-order valence-electron chi connectivity index (χ2n) is 7.47. The van der Waals surface area contributed by atoms with E-state index in [1.807, 2.05) is 20.8 Å². The third-order valence-corrected chi connectivity index (χ3v) is 4.81. The fraction of sp³-hybridized carbons (Fsp3) is 0.619. The number of rotatable bonds is 7. The van der Waals surface area contributed by atoms with Crippen molar-refractivity contribution in [3.05, 3.63) is 23.8 Å². The van der Waals surface area contributed by atoms with E-state index in [4.69, 9.17) is 9.47 Å². The van der Waals surface area contributed by atoms with Gasteiger partial charge in [-0.2, -0.15) is 5.26 Å². The molecule has 0 aromatic heterocycles. The molecule has 1 aliphatic rings. The summed E-state index contributed by atoms with van der Waals surface area (Å²) < 4.78 is 11.7. The van der Waals surface area contributed by atoms with Crippen LogP contribution in [0.25, 0.3) is 0 Å². The Bertz CT molecular complexity index is 650.